The standard InChI is InChI=1S/C15H19NO2S2/c1-3-11(13-6-4-8-19-13)16-12(10-15(17)18-2)14-7-5-9-20-14/h4-9,11-12,16H,3,10H2,1-2H3. The molecule has 0 amide bonds. The summed E-state index contributed by atoms with van der Waals surface area (Å²) >= 11 is 3.41. The smallest absolute Gasteiger partial charge is 0.307 e. The van der Waals surface area contributed by atoms with Crippen molar-refractivity contribution in [1.29, 1.82) is 0 Å². The van der Waals surface area contributed by atoms with Crippen molar-refractivity contribution in [3.05, 3.63) is 44.8 Å². The van der Waals surface area contributed by atoms with Crippen molar-refractivity contribution < 1.29 is 9.53 Å². The van der Waals surface area contributed by atoms with Gasteiger partial charge in [-0.15, -0.1) is 22.7 Å². The van der Waals surface area contributed by atoms with Crippen molar-refractivity contribution in [1.82, 2.24) is 5.32 Å². The van der Waals surface area contributed by atoms with E-state index in [0.717, 1.165) is 6.42 Å². The van der Waals surface area contributed by atoms with Gasteiger partial charge in [-0.1, -0.05) is 19.1 Å². The molecule has 1 N–H and O–H groups in total. The highest BCUT2D eigenvalue weighted by Crippen LogP contribution is 2.29. The van der Waals surface area contributed by atoms with Crippen LogP contribution < -0.4 is 5.32 Å². The molecule has 0 aliphatic carbocycles. The van der Waals surface area contributed by atoms with Crippen LogP contribution >= 0.6 is 22.7 Å². The van der Waals surface area contributed by atoms with Crippen LogP contribution in [0.4, 0.5) is 0 Å². The molecule has 2 atom stereocenters. The zero-order valence-electron chi connectivity index (χ0n) is 11.7. The topological polar surface area (TPSA) is 38.3 Å². The Morgan fingerprint density at radius 3 is 2.25 bits per heavy atom. The molecule has 108 valence electrons. The SMILES string of the molecule is CCC(NC(CC(=O)OC)c1cccs1)c1cccs1. The highest BCUT2D eigenvalue weighted by atomic mass is 32.1. The molecule has 3 nitrogen and oxygen atoms in total. The zero-order chi connectivity index (χ0) is 14.4. The van der Waals surface area contributed by atoms with Gasteiger partial charge in [-0.3, -0.25) is 4.79 Å². The molecule has 2 heterocycles. The van der Waals surface area contributed by atoms with Crippen LogP contribution in [-0.2, 0) is 9.53 Å². The van der Waals surface area contributed by atoms with Gasteiger partial charge >= 0.3 is 5.97 Å². The van der Waals surface area contributed by atoms with E-state index >= 15 is 0 Å². The first-order chi connectivity index (χ1) is 9.74. The Morgan fingerprint density at radius 2 is 1.80 bits per heavy atom. The van der Waals surface area contributed by atoms with E-state index in [0.29, 0.717) is 6.42 Å². The fraction of sp³-hybridized carbons (Fsp3) is 0.400. The van der Waals surface area contributed by atoms with Crippen LogP contribution in [0.2, 0.25) is 0 Å². The molecule has 0 aromatic carbocycles. The van der Waals surface area contributed by atoms with Crippen LogP contribution in [0.5, 0.6) is 0 Å². The number of methoxy groups -OCH3 is 1. The minimum absolute atomic E-state index is 0.00880. The summed E-state index contributed by atoms with van der Waals surface area (Å²) in [6.45, 7) is 2.15. The lowest BCUT2D eigenvalue weighted by Gasteiger charge is -2.23. The number of nitrogens with one attached hydrogen (secondary N) is 1. The molecule has 0 aliphatic heterocycles. The zero-order valence-corrected chi connectivity index (χ0v) is 13.3. The summed E-state index contributed by atoms with van der Waals surface area (Å²) in [5.74, 6) is -0.183. The number of rotatable bonds is 7. The van der Waals surface area contributed by atoms with Crippen molar-refractivity contribution in [3.8, 4) is 0 Å². The van der Waals surface area contributed by atoms with E-state index in [2.05, 4.69) is 35.8 Å². The molecule has 2 aromatic heterocycles. The molecule has 2 aromatic rings. The average molecular weight is 309 g/mol. The number of carbonyl (C=O) groups excluding carboxylic acids is 1. The summed E-state index contributed by atoms with van der Waals surface area (Å²) in [7, 11) is 1.43. The van der Waals surface area contributed by atoms with Crippen LogP contribution in [0.3, 0.4) is 0 Å². The van der Waals surface area contributed by atoms with Gasteiger partial charge in [0.1, 0.15) is 0 Å². The molecular weight excluding hydrogens is 290 g/mol. The summed E-state index contributed by atoms with van der Waals surface area (Å²) < 4.78 is 4.81. The molecule has 0 radical (unpaired) electrons. The van der Waals surface area contributed by atoms with Crippen molar-refractivity contribution in [2.45, 2.75) is 31.8 Å². The average Bonchev–Trinajstić information content (AvgIpc) is 3.15. The second-order valence-electron chi connectivity index (χ2n) is 4.49. The molecule has 0 saturated heterocycles. The van der Waals surface area contributed by atoms with Crippen LogP contribution in [-0.4, -0.2) is 13.1 Å². The maximum absolute atomic E-state index is 11.6. The first-order valence-electron chi connectivity index (χ1n) is 6.64. The fourth-order valence-electron chi connectivity index (χ4n) is 2.11. The van der Waals surface area contributed by atoms with E-state index < -0.39 is 0 Å². The summed E-state index contributed by atoms with van der Waals surface area (Å²) in [6, 6.07) is 8.55. The highest BCUT2D eigenvalue weighted by molar-refractivity contribution is 7.10. The molecule has 2 rings (SSSR count). The summed E-state index contributed by atoms with van der Waals surface area (Å²) in [5.41, 5.74) is 0. The Hall–Kier alpha value is -1.17. The fourth-order valence-corrected chi connectivity index (χ4v) is 3.77. The number of ether oxygens (including phenoxy) is 1. The van der Waals surface area contributed by atoms with E-state index in [-0.39, 0.29) is 18.1 Å². The lowest BCUT2D eigenvalue weighted by molar-refractivity contribution is -0.141. The Morgan fingerprint density at radius 1 is 1.20 bits per heavy atom. The van der Waals surface area contributed by atoms with E-state index in [4.69, 9.17) is 4.74 Å². The first-order valence-corrected chi connectivity index (χ1v) is 8.40. The maximum atomic E-state index is 11.6. The molecule has 20 heavy (non-hydrogen) atoms. The molecule has 0 aliphatic rings. The predicted octanol–water partition coefficient (Wildman–Crippen LogP) is 4.15. The van der Waals surface area contributed by atoms with E-state index in [1.165, 1.54) is 16.9 Å². The van der Waals surface area contributed by atoms with Crippen molar-refractivity contribution >= 4 is 28.6 Å². The quantitative estimate of drug-likeness (QED) is 0.781. The molecule has 0 saturated carbocycles. The lowest BCUT2D eigenvalue weighted by atomic mass is 10.1. The molecular formula is C15H19NO2S2. The Bertz CT molecular complexity index is 508. The van der Waals surface area contributed by atoms with Crippen molar-refractivity contribution in [2.75, 3.05) is 7.11 Å². The second-order valence-corrected chi connectivity index (χ2v) is 6.45. The maximum Gasteiger partial charge on any atom is 0.307 e. The minimum atomic E-state index is -0.183. The number of esters is 1. The largest absolute Gasteiger partial charge is 0.469 e. The third kappa shape index (κ3) is 3.91. The van der Waals surface area contributed by atoms with E-state index in [9.17, 15) is 4.79 Å². The summed E-state index contributed by atoms with van der Waals surface area (Å²) in [5, 5.41) is 7.71. The minimum Gasteiger partial charge on any atom is -0.469 e. The Labute approximate surface area is 127 Å². The molecule has 0 spiro atoms. The number of hydrogen-bond donors (Lipinski definition) is 1. The van der Waals surface area contributed by atoms with Gasteiger partial charge in [-0.05, 0) is 29.3 Å². The third-order valence-electron chi connectivity index (χ3n) is 3.18. The van der Waals surface area contributed by atoms with Gasteiger partial charge in [0.2, 0.25) is 0 Å². The Kier molecular flexibility index (Phi) is 5.76. The number of thiophene rings is 2. The third-order valence-corrected chi connectivity index (χ3v) is 5.15. The van der Waals surface area contributed by atoms with Crippen molar-refractivity contribution in [3.63, 3.8) is 0 Å². The van der Waals surface area contributed by atoms with Gasteiger partial charge in [0.05, 0.1) is 19.6 Å². The van der Waals surface area contributed by atoms with Crippen LogP contribution in [0.15, 0.2) is 35.0 Å². The van der Waals surface area contributed by atoms with Crippen LogP contribution in [0, 0.1) is 0 Å². The molecule has 0 bridgehead atoms. The first kappa shape index (κ1) is 15.2. The summed E-state index contributed by atoms with van der Waals surface area (Å²) in [4.78, 5) is 14.1. The van der Waals surface area contributed by atoms with Gasteiger partial charge in [-0.2, -0.15) is 0 Å². The molecule has 5 heteroatoms. The van der Waals surface area contributed by atoms with E-state index in [1.807, 2.05) is 11.4 Å². The molecule has 0 fully saturated rings. The highest BCUT2D eigenvalue weighted by Gasteiger charge is 2.21. The number of carbonyl (C=O) groups is 1. The van der Waals surface area contributed by atoms with Gasteiger partial charge in [0.15, 0.2) is 0 Å². The van der Waals surface area contributed by atoms with Gasteiger partial charge in [-0.25, -0.2) is 0 Å². The van der Waals surface area contributed by atoms with Gasteiger partial charge < -0.3 is 10.1 Å². The number of hydrogen-bond acceptors (Lipinski definition) is 5. The summed E-state index contributed by atoms with van der Waals surface area (Å²) in [6.07, 6.45) is 1.35. The van der Waals surface area contributed by atoms with Gasteiger partial charge in [0.25, 0.3) is 0 Å². The monoisotopic (exact) mass is 309 g/mol. The van der Waals surface area contributed by atoms with Crippen LogP contribution in [0.1, 0.15) is 41.6 Å². The second kappa shape index (κ2) is 7.57. The molecule has 2 unspecified atom stereocenters. The Balaban J connectivity index is 2.12. The lowest BCUT2D eigenvalue weighted by Crippen LogP contribution is -2.27. The van der Waals surface area contributed by atoms with Crippen LogP contribution in [0.25, 0.3) is 0 Å². The van der Waals surface area contributed by atoms with Gasteiger partial charge in [0, 0.05) is 15.8 Å². The van der Waals surface area contributed by atoms with E-state index in [1.54, 1.807) is 22.7 Å². The predicted molar refractivity (Wildman–Crippen MR) is 84.2 cm³/mol. The normalized spacial score (nSPS) is 13.9. The van der Waals surface area contributed by atoms with Crippen molar-refractivity contribution in [2.24, 2.45) is 0 Å².